The van der Waals surface area contributed by atoms with E-state index in [0.29, 0.717) is 17.6 Å². The van der Waals surface area contributed by atoms with Crippen LogP contribution in [-0.4, -0.2) is 105 Å². The fourth-order valence-electron chi connectivity index (χ4n) is 12.7. The lowest BCUT2D eigenvalue weighted by Gasteiger charge is -2.62. The summed E-state index contributed by atoms with van der Waals surface area (Å²) in [5, 5.41) is 38.1. The second-order valence-electron chi connectivity index (χ2n) is 18.4. The standard InChI is InChI=1S/C46H56O13/c1-25(2)42-22-31(23-53-39(50)29-17-11-8-12-18-29)45-34-37(42)57-46(58-42,59-45)32(49)21-15-7-6-10-16-26(3)33-27(4)36(55-40(51)30-19-13-9-14-20-30)44(52,35(33)45)41(54-28(5)48)43(24-47)38(34)56-43/h8-9,11-14,17-20,26-27,31-38,41,47,49,52H,1,6-7,10,15-16,21-24H2,2-5H3/t26-,27+,31+,32-,33+,34-,35-,36+,37-,38+,41-,42-,43+,44-,45-,46?/m1/s1. The molecule has 0 radical (unpaired) electrons. The van der Waals surface area contributed by atoms with Gasteiger partial charge in [0.2, 0.25) is 0 Å². The molecule has 3 aliphatic carbocycles. The molecule has 2 aromatic carbocycles. The van der Waals surface area contributed by atoms with Crippen LogP contribution in [-0.2, 0) is 38.0 Å². The third-order valence-electron chi connectivity index (χ3n) is 15.2. The third-order valence-corrected chi connectivity index (χ3v) is 15.2. The Bertz CT molecular complexity index is 1980. The Kier molecular flexibility index (Phi) is 9.98. The number of benzene rings is 2. The van der Waals surface area contributed by atoms with Gasteiger partial charge in [-0.15, -0.1) is 0 Å². The first-order valence-corrected chi connectivity index (χ1v) is 21.3. The molecule has 59 heavy (non-hydrogen) atoms. The van der Waals surface area contributed by atoms with E-state index in [2.05, 4.69) is 13.5 Å². The number of hydrogen-bond donors (Lipinski definition) is 3. The average molecular weight is 817 g/mol. The van der Waals surface area contributed by atoms with Crippen LogP contribution >= 0.6 is 0 Å². The van der Waals surface area contributed by atoms with Crippen LogP contribution in [0.15, 0.2) is 72.8 Å². The van der Waals surface area contributed by atoms with Gasteiger partial charge in [0, 0.05) is 24.7 Å². The van der Waals surface area contributed by atoms with Gasteiger partial charge in [-0.05, 0) is 67.4 Å². The van der Waals surface area contributed by atoms with Gasteiger partial charge in [0.25, 0.3) is 0 Å². The molecule has 3 saturated carbocycles. The van der Waals surface area contributed by atoms with E-state index in [1.54, 1.807) is 60.7 Å². The summed E-state index contributed by atoms with van der Waals surface area (Å²) in [5.74, 6) is -7.94. The van der Waals surface area contributed by atoms with E-state index in [1.807, 2.05) is 13.8 Å². The zero-order chi connectivity index (χ0) is 41.7. The van der Waals surface area contributed by atoms with Crippen LogP contribution in [0.5, 0.6) is 0 Å². The monoisotopic (exact) mass is 816 g/mol. The second kappa shape index (κ2) is 14.5. The molecule has 16 atom stereocenters. The molecule has 13 nitrogen and oxygen atoms in total. The van der Waals surface area contributed by atoms with Crippen LogP contribution in [0.4, 0.5) is 0 Å². The summed E-state index contributed by atoms with van der Waals surface area (Å²) < 4.78 is 47.1. The molecule has 0 aromatic heterocycles. The van der Waals surface area contributed by atoms with Gasteiger partial charge >= 0.3 is 23.9 Å². The zero-order valence-electron chi connectivity index (χ0n) is 34.1. The molecule has 4 saturated heterocycles. The average Bonchev–Trinajstić information content (AvgIpc) is 3.85. The van der Waals surface area contributed by atoms with Crippen molar-refractivity contribution in [3.05, 3.63) is 83.9 Å². The highest BCUT2D eigenvalue weighted by Crippen LogP contribution is 2.76. The van der Waals surface area contributed by atoms with Crippen LogP contribution in [0.25, 0.3) is 0 Å². The van der Waals surface area contributed by atoms with Gasteiger partial charge in [-0.1, -0.05) is 88.9 Å². The van der Waals surface area contributed by atoms with Gasteiger partial charge in [-0.25, -0.2) is 9.59 Å². The number of epoxide rings is 1. The van der Waals surface area contributed by atoms with Crippen molar-refractivity contribution in [3.8, 4) is 0 Å². The summed E-state index contributed by atoms with van der Waals surface area (Å²) in [5.41, 5.74) is -5.73. The zero-order valence-corrected chi connectivity index (χ0v) is 34.1. The van der Waals surface area contributed by atoms with Crippen LogP contribution in [0, 0.1) is 35.5 Å². The molecule has 1 unspecified atom stereocenters. The number of esters is 3. The van der Waals surface area contributed by atoms with Gasteiger partial charge in [0.15, 0.2) is 11.7 Å². The Balaban J connectivity index is 1.31. The number of hydrogen-bond acceptors (Lipinski definition) is 13. The summed E-state index contributed by atoms with van der Waals surface area (Å²) >= 11 is 0. The van der Waals surface area contributed by atoms with E-state index in [4.69, 9.17) is 33.2 Å². The number of aliphatic hydroxyl groups is 3. The molecular formula is C46H56O13. The molecule has 7 fully saturated rings. The Morgan fingerprint density at radius 3 is 2.12 bits per heavy atom. The van der Waals surface area contributed by atoms with E-state index in [9.17, 15) is 29.7 Å². The fraction of sp³-hybridized carbons (Fsp3) is 0.630. The lowest BCUT2D eigenvalue weighted by molar-refractivity contribution is -0.459. The van der Waals surface area contributed by atoms with Gasteiger partial charge in [0.05, 0.1) is 29.9 Å². The summed E-state index contributed by atoms with van der Waals surface area (Å²) in [4.78, 5) is 41.3. The minimum absolute atomic E-state index is 0.123. The first-order valence-electron chi connectivity index (χ1n) is 21.3. The number of carbonyl (C=O) groups excluding carboxylic acids is 3. The number of ether oxygens (including phenoxy) is 7. The van der Waals surface area contributed by atoms with Crippen molar-refractivity contribution in [1.29, 1.82) is 0 Å². The van der Waals surface area contributed by atoms with Crippen LogP contribution in [0.1, 0.15) is 93.4 Å². The Morgan fingerprint density at radius 2 is 1.49 bits per heavy atom. The Morgan fingerprint density at radius 1 is 0.847 bits per heavy atom. The summed E-state index contributed by atoms with van der Waals surface area (Å²) in [7, 11) is 0. The smallest absolute Gasteiger partial charge is 0.338 e. The summed E-state index contributed by atoms with van der Waals surface area (Å²) in [6.07, 6.45) is -1.60. The summed E-state index contributed by atoms with van der Waals surface area (Å²) in [6, 6.07) is 17.1. The van der Waals surface area contributed by atoms with Gasteiger partial charge < -0.3 is 48.5 Å². The molecule has 3 N–H and O–H groups in total. The minimum atomic E-state index is -2.28. The third kappa shape index (κ3) is 5.78. The molecule has 0 amide bonds. The highest BCUT2D eigenvalue weighted by Gasteiger charge is 2.92. The maximum absolute atomic E-state index is 14.3. The highest BCUT2D eigenvalue weighted by atomic mass is 16.9. The van der Waals surface area contributed by atoms with Crippen LogP contribution < -0.4 is 0 Å². The molecule has 2 aromatic rings. The topological polar surface area (TPSA) is 180 Å². The molecule has 13 heteroatoms. The molecule has 7 aliphatic rings. The molecule has 4 heterocycles. The van der Waals surface area contributed by atoms with Crippen molar-refractivity contribution in [2.45, 2.75) is 132 Å². The molecular weight excluding hydrogens is 760 g/mol. The van der Waals surface area contributed by atoms with Gasteiger partial charge in [-0.3, -0.25) is 4.79 Å². The number of aliphatic hydroxyl groups excluding tert-OH is 2. The first kappa shape index (κ1) is 40.7. The lowest BCUT2D eigenvalue weighted by Crippen LogP contribution is -2.75. The predicted octanol–water partition coefficient (Wildman–Crippen LogP) is 4.90. The maximum Gasteiger partial charge on any atom is 0.338 e. The fourth-order valence-corrected chi connectivity index (χ4v) is 12.7. The molecule has 2 spiro atoms. The quantitative estimate of drug-likeness (QED) is 0.142. The summed E-state index contributed by atoms with van der Waals surface area (Å²) in [6.45, 7) is 10.6. The highest BCUT2D eigenvalue weighted by molar-refractivity contribution is 5.90. The Labute approximate surface area is 344 Å². The van der Waals surface area contributed by atoms with E-state index in [1.165, 1.54) is 6.92 Å². The minimum Gasteiger partial charge on any atom is -0.462 e. The number of carbonyl (C=O) groups is 3. The second-order valence-corrected chi connectivity index (χ2v) is 18.4. The van der Waals surface area contributed by atoms with E-state index < -0.39 is 113 Å². The van der Waals surface area contributed by atoms with Crippen LogP contribution in [0.2, 0.25) is 0 Å². The number of rotatable bonds is 8. The van der Waals surface area contributed by atoms with Gasteiger partial charge in [0.1, 0.15) is 35.6 Å². The van der Waals surface area contributed by atoms with E-state index in [-0.39, 0.29) is 30.9 Å². The van der Waals surface area contributed by atoms with Crippen molar-refractivity contribution in [2.24, 2.45) is 35.5 Å². The molecule has 318 valence electrons. The maximum atomic E-state index is 14.3. The molecule has 9 rings (SSSR count). The Hall–Kier alpha value is -3.69. The largest absolute Gasteiger partial charge is 0.462 e. The normalized spacial score (nSPS) is 45.4. The lowest BCUT2D eigenvalue weighted by atomic mass is 9.51. The first-order chi connectivity index (χ1) is 28.2. The molecule has 3 bridgehead atoms. The van der Waals surface area contributed by atoms with Crippen molar-refractivity contribution in [2.75, 3.05) is 13.2 Å². The van der Waals surface area contributed by atoms with Crippen molar-refractivity contribution in [3.63, 3.8) is 0 Å². The van der Waals surface area contributed by atoms with Crippen molar-refractivity contribution < 1.29 is 62.9 Å². The predicted molar refractivity (Wildman–Crippen MR) is 208 cm³/mol. The van der Waals surface area contributed by atoms with Gasteiger partial charge in [-0.2, -0.15) is 0 Å². The molecule has 4 aliphatic heterocycles. The van der Waals surface area contributed by atoms with E-state index in [0.717, 1.165) is 25.7 Å². The van der Waals surface area contributed by atoms with E-state index >= 15 is 0 Å². The van der Waals surface area contributed by atoms with Crippen molar-refractivity contribution in [1.82, 2.24) is 0 Å². The van der Waals surface area contributed by atoms with Crippen molar-refractivity contribution >= 4 is 17.9 Å². The van der Waals surface area contributed by atoms with Crippen LogP contribution in [0.3, 0.4) is 0 Å². The SMILES string of the molecule is C=C(C)[C@]12C[C@@H](COC(=O)c3ccccc3)[C@@]34OC5(O[C@@H]1[C@@H]3[C@@H]1O[C@]1(CO)[C@@H](OC(C)=O)[C@@]1(O)[C@H]4[C@H]([C@H](C)[C@@H]1OC(=O)c1ccccc1)[C@H](C)CCCCCC[C@H]5O)O2. The number of fused-ring (bicyclic) bond motifs is 1.